The Morgan fingerprint density at radius 2 is 2.00 bits per heavy atom. The quantitative estimate of drug-likeness (QED) is 0.634. The molecule has 3 N–H and O–H groups in total. The van der Waals surface area contributed by atoms with E-state index in [1.807, 2.05) is 0 Å². The molecule has 0 aliphatic carbocycles. The summed E-state index contributed by atoms with van der Waals surface area (Å²) in [5.74, 6) is -0.791. The highest BCUT2D eigenvalue weighted by Gasteiger charge is 2.19. The summed E-state index contributed by atoms with van der Waals surface area (Å²) in [7, 11) is -1.87. The fourth-order valence-corrected chi connectivity index (χ4v) is 1.49. The van der Waals surface area contributed by atoms with Crippen LogP contribution in [-0.2, 0) is 6.61 Å². The Labute approximate surface area is 83.1 Å². The van der Waals surface area contributed by atoms with Crippen molar-refractivity contribution in [3.05, 3.63) is 28.0 Å². The van der Waals surface area contributed by atoms with Gasteiger partial charge in [-0.15, -0.1) is 0 Å². The van der Waals surface area contributed by atoms with E-state index in [0.717, 1.165) is 0 Å². The minimum atomic E-state index is -1.87. The molecule has 1 aromatic rings. The zero-order valence-corrected chi connectivity index (χ0v) is 8.12. The lowest BCUT2D eigenvalue weighted by Crippen LogP contribution is -2.33. The molecule has 13 heavy (non-hydrogen) atoms. The number of rotatable bonds is 2. The molecule has 0 heterocycles. The summed E-state index contributed by atoms with van der Waals surface area (Å²) < 4.78 is 13.7. The third-order valence-electron chi connectivity index (χ3n) is 1.59. The largest absolute Gasteiger partial charge is 0.491 e. The fourth-order valence-electron chi connectivity index (χ4n) is 0.972. The van der Waals surface area contributed by atoms with E-state index in [0.29, 0.717) is 4.47 Å². The Bertz CT molecular complexity index is 319. The first kappa shape index (κ1) is 10.7. The van der Waals surface area contributed by atoms with Crippen molar-refractivity contribution in [2.75, 3.05) is 0 Å². The van der Waals surface area contributed by atoms with Gasteiger partial charge >= 0.3 is 7.12 Å². The van der Waals surface area contributed by atoms with Crippen molar-refractivity contribution in [3.8, 4) is 0 Å². The van der Waals surface area contributed by atoms with Gasteiger partial charge in [0.1, 0.15) is 5.82 Å². The number of aliphatic hydroxyl groups excluding tert-OH is 1. The van der Waals surface area contributed by atoms with Crippen LogP contribution >= 0.6 is 15.9 Å². The zero-order chi connectivity index (χ0) is 10.0. The molecule has 0 spiro atoms. The van der Waals surface area contributed by atoms with Gasteiger partial charge in [0.25, 0.3) is 0 Å². The molecule has 0 bridgehead atoms. The maximum atomic E-state index is 13.2. The van der Waals surface area contributed by atoms with Crippen molar-refractivity contribution < 1.29 is 19.5 Å². The lowest BCUT2D eigenvalue weighted by Gasteiger charge is -2.06. The van der Waals surface area contributed by atoms with Crippen LogP contribution in [0.1, 0.15) is 5.56 Å². The molecule has 0 atom stereocenters. The van der Waals surface area contributed by atoms with E-state index in [1.54, 1.807) is 0 Å². The Kier molecular flexibility index (Phi) is 3.43. The molecule has 6 heteroatoms. The fraction of sp³-hybridized carbons (Fsp3) is 0.143. The molecule has 0 saturated carbocycles. The topological polar surface area (TPSA) is 60.7 Å². The highest BCUT2D eigenvalue weighted by Crippen LogP contribution is 2.14. The Morgan fingerprint density at radius 1 is 1.38 bits per heavy atom. The first-order valence-electron chi connectivity index (χ1n) is 3.51. The molecule has 0 amide bonds. The number of halogens is 2. The highest BCUT2D eigenvalue weighted by atomic mass is 79.9. The Hall–Kier alpha value is -0.425. The summed E-state index contributed by atoms with van der Waals surface area (Å²) in [5, 5.41) is 26.2. The van der Waals surface area contributed by atoms with Gasteiger partial charge in [0.2, 0.25) is 0 Å². The third-order valence-corrected chi connectivity index (χ3v) is 2.05. The first-order valence-corrected chi connectivity index (χ1v) is 4.30. The summed E-state index contributed by atoms with van der Waals surface area (Å²) in [5.41, 5.74) is -0.226. The summed E-state index contributed by atoms with van der Waals surface area (Å²) >= 11 is 3.06. The van der Waals surface area contributed by atoms with E-state index in [-0.39, 0.29) is 11.0 Å². The van der Waals surface area contributed by atoms with E-state index >= 15 is 0 Å². The van der Waals surface area contributed by atoms with Crippen molar-refractivity contribution in [2.24, 2.45) is 0 Å². The molecule has 0 fully saturated rings. The van der Waals surface area contributed by atoms with Crippen LogP contribution in [0, 0.1) is 5.82 Å². The van der Waals surface area contributed by atoms with Gasteiger partial charge in [0.15, 0.2) is 0 Å². The van der Waals surface area contributed by atoms with Gasteiger partial charge in [-0.05, 0) is 12.1 Å². The second-order valence-corrected chi connectivity index (χ2v) is 3.42. The van der Waals surface area contributed by atoms with E-state index in [2.05, 4.69) is 15.9 Å². The minimum absolute atomic E-state index is 0.0254. The molecular formula is C7H7BBrFO3. The molecule has 0 unspecified atom stereocenters. The third kappa shape index (κ3) is 2.28. The van der Waals surface area contributed by atoms with Crippen LogP contribution in [-0.4, -0.2) is 22.3 Å². The van der Waals surface area contributed by atoms with Crippen LogP contribution in [0.5, 0.6) is 0 Å². The molecule has 70 valence electrons. The van der Waals surface area contributed by atoms with Crippen LogP contribution in [0.3, 0.4) is 0 Å². The van der Waals surface area contributed by atoms with Crippen molar-refractivity contribution in [1.29, 1.82) is 0 Å². The minimum Gasteiger partial charge on any atom is -0.423 e. The maximum Gasteiger partial charge on any atom is 0.491 e. The second kappa shape index (κ2) is 4.19. The predicted octanol–water partition coefficient (Wildman–Crippen LogP) is -0.240. The van der Waals surface area contributed by atoms with Crippen molar-refractivity contribution in [2.45, 2.75) is 6.61 Å². The lowest BCUT2D eigenvalue weighted by atomic mass is 9.79. The van der Waals surface area contributed by atoms with Gasteiger partial charge in [-0.3, -0.25) is 0 Å². The number of hydrogen-bond acceptors (Lipinski definition) is 3. The predicted molar refractivity (Wildman–Crippen MR) is 49.8 cm³/mol. The average Bonchev–Trinajstić information content (AvgIpc) is 2.08. The molecule has 1 aromatic carbocycles. The molecule has 0 aliphatic heterocycles. The summed E-state index contributed by atoms with van der Waals surface area (Å²) in [6.07, 6.45) is 0. The summed E-state index contributed by atoms with van der Waals surface area (Å²) in [6, 6.07) is 2.63. The normalized spacial score (nSPS) is 10.2. The SMILES string of the molecule is OCc1cc(Br)cc(B(O)O)c1F. The van der Waals surface area contributed by atoms with Crippen LogP contribution in [0.4, 0.5) is 4.39 Å². The van der Waals surface area contributed by atoms with Gasteiger partial charge in [-0.1, -0.05) is 15.9 Å². The molecular weight excluding hydrogens is 242 g/mol. The van der Waals surface area contributed by atoms with Gasteiger partial charge in [-0.25, -0.2) is 4.39 Å². The lowest BCUT2D eigenvalue weighted by molar-refractivity contribution is 0.276. The maximum absolute atomic E-state index is 13.2. The van der Waals surface area contributed by atoms with E-state index in [9.17, 15) is 4.39 Å². The zero-order valence-electron chi connectivity index (χ0n) is 6.54. The summed E-state index contributed by atoms with van der Waals surface area (Å²) in [4.78, 5) is 0. The number of benzene rings is 1. The standard InChI is InChI=1S/C7H7BBrFO3/c9-5-1-4(3-11)7(10)6(2-5)8(12)13/h1-2,11-13H,3H2. The molecule has 0 aliphatic rings. The second-order valence-electron chi connectivity index (χ2n) is 2.50. The van der Waals surface area contributed by atoms with E-state index < -0.39 is 19.5 Å². The smallest absolute Gasteiger partial charge is 0.423 e. The molecule has 0 radical (unpaired) electrons. The van der Waals surface area contributed by atoms with Gasteiger partial charge in [0.05, 0.1) is 6.61 Å². The van der Waals surface area contributed by atoms with Crippen molar-refractivity contribution in [3.63, 3.8) is 0 Å². The monoisotopic (exact) mass is 248 g/mol. The summed E-state index contributed by atoms with van der Waals surface area (Å²) in [6.45, 7) is -0.481. The highest BCUT2D eigenvalue weighted by molar-refractivity contribution is 9.10. The van der Waals surface area contributed by atoms with Crippen LogP contribution < -0.4 is 5.46 Å². The molecule has 1 rings (SSSR count). The Morgan fingerprint density at radius 3 is 2.46 bits per heavy atom. The van der Waals surface area contributed by atoms with E-state index in [1.165, 1.54) is 12.1 Å². The van der Waals surface area contributed by atoms with E-state index in [4.69, 9.17) is 15.2 Å². The van der Waals surface area contributed by atoms with Crippen LogP contribution in [0.25, 0.3) is 0 Å². The molecule has 0 saturated heterocycles. The van der Waals surface area contributed by atoms with Crippen LogP contribution in [0.15, 0.2) is 16.6 Å². The van der Waals surface area contributed by atoms with Gasteiger partial charge in [-0.2, -0.15) is 0 Å². The Balaban J connectivity index is 3.27. The molecule has 3 nitrogen and oxygen atoms in total. The molecule has 0 aromatic heterocycles. The first-order chi connectivity index (χ1) is 6.06. The number of aliphatic hydroxyl groups is 1. The van der Waals surface area contributed by atoms with Gasteiger partial charge < -0.3 is 15.2 Å². The van der Waals surface area contributed by atoms with Gasteiger partial charge in [0, 0.05) is 15.5 Å². The van der Waals surface area contributed by atoms with Crippen LogP contribution in [0.2, 0.25) is 0 Å². The van der Waals surface area contributed by atoms with Crippen molar-refractivity contribution >= 4 is 28.5 Å². The average molecular weight is 249 g/mol. The number of hydrogen-bond donors (Lipinski definition) is 3. The van der Waals surface area contributed by atoms with Crippen molar-refractivity contribution in [1.82, 2.24) is 0 Å².